The van der Waals surface area contributed by atoms with Gasteiger partial charge in [-0.15, -0.1) is 0 Å². The molecular formula is C7H12N4O. The predicted molar refractivity (Wildman–Crippen MR) is 45.1 cm³/mol. The molecule has 66 valence electrons. The van der Waals surface area contributed by atoms with Gasteiger partial charge in [0.15, 0.2) is 0 Å². The molecule has 1 rings (SSSR count). The lowest BCUT2D eigenvalue weighted by molar-refractivity contribution is 0.317. The van der Waals surface area contributed by atoms with Crippen LogP contribution in [-0.2, 0) is 13.5 Å². The minimum atomic E-state index is 0.200. The normalized spacial score (nSPS) is 12.0. The predicted octanol–water partition coefficient (Wildman–Crippen LogP) is 0.0174. The Morgan fingerprint density at radius 3 is 2.92 bits per heavy atom. The van der Waals surface area contributed by atoms with Gasteiger partial charge in [0.2, 0.25) is 0 Å². The second-order valence-corrected chi connectivity index (χ2v) is 2.65. The second kappa shape index (κ2) is 3.25. The summed E-state index contributed by atoms with van der Waals surface area (Å²) in [7, 11) is 1.85. The molecule has 12 heavy (non-hydrogen) atoms. The lowest BCUT2D eigenvalue weighted by Gasteiger charge is -1.97. The Kier molecular flexibility index (Phi) is 2.32. The van der Waals surface area contributed by atoms with Crippen molar-refractivity contribution in [2.24, 2.45) is 17.9 Å². The van der Waals surface area contributed by atoms with Crippen LogP contribution in [0.25, 0.3) is 0 Å². The summed E-state index contributed by atoms with van der Waals surface area (Å²) in [6.45, 7) is 1.94. The van der Waals surface area contributed by atoms with Crippen LogP contribution in [0.5, 0.6) is 0 Å². The molecule has 3 N–H and O–H groups in total. The molecule has 0 atom stereocenters. The number of amidine groups is 1. The number of hydrogen-bond donors (Lipinski definition) is 2. The topological polar surface area (TPSA) is 76.4 Å². The summed E-state index contributed by atoms with van der Waals surface area (Å²) in [4.78, 5) is 0. The fourth-order valence-corrected chi connectivity index (χ4v) is 0.948. The van der Waals surface area contributed by atoms with E-state index in [4.69, 9.17) is 10.9 Å². The Morgan fingerprint density at radius 2 is 2.50 bits per heavy atom. The van der Waals surface area contributed by atoms with Crippen LogP contribution in [0.15, 0.2) is 11.4 Å². The standard InChI is InChI=1S/C7H12N4O/c1-5-6(3-7(8)10-12)4-9-11(5)2/h4,12H,3H2,1-2H3,(H2,8,10). The minimum absolute atomic E-state index is 0.200. The number of hydrogen-bond acceptors (Lipinski definition) is 3. The first-order valence-electron chi connectivity index (χ1n) is 3.59. The summed E-state index contributed by atoms with van der Waals surface area (Å²) >= 11 is 0. The van der Waals surface area contributed by atoms with Gasteiger partial charge in [-0.05, 0) is 6.92 Å². The van der Waals surface area contributed by atoms with Gasteiger partial charge in [-0.1, -0.05) is 5.16 Å². The van der Waals surface area contributed by atoms with E-state index in [-0.39, 0.29) is 5.84 Å². The van der Waals surface area contributed by atoms with Gasteiger partial charge < -0.3 is 10.9 Å². The van der Waals surface area contributed by atoms with Crippen molar-refractivity contribution >= 4 is 5.84 Å². The Morgan fingerprint density at radius 1 is 1.83 bits per heavy atom. The summed E-state index contributed by atoms with van der Waals surface area (Å²) in [5.74, 6) is 0.200. The number of nitrogens with two attached hydrogens (primary N) is 1. The van der Waals surface area contributed by atoms with E-state index >= 15 is 0 Å². The van der Waals surface area contributed by atoms with Crippen molar-refractivity contribution in [2.45, 2.75) is 13.3 Å². The van der Waals surface area contributed by atoms with Crippen molar-refractivity contribution in [2.75, 3.05) is 0 Å². The summed E-state index contributed by atoms with van der Waals surface area (Å²) < 4.78 is 1.75. The lowest BCUT2D eigenvalue weighted by Crippen LogP contribution is -2.15. The van der Waals surface area contributed by atoms with E-state index in [9.17, 15) is 0 Å². The first-order valence-corrected chi connectivity index (χ1v) is 3.59. The quantitative estimate of drug-likeness (QED) is 0.283. The Bertz CT molecular complexity index is 302. The molecule has 0 saturated heterocycles. The number of aryl methyl sites for hydroxylation is 1. The largest absolute Gasteiger partial charge is 0.409 e. The lowest BCUT2D eigenvalue weighted by atomic mass is 10.2. The van der Waals surface area contributed by atoms with Crippen molar-refractivity contribution in [1.82, 2.24) is 9.78 Å². The van der Waals surface area contributed by atoms with E-state index in [1.807, 2.05) is 14.0 Å². The highest BCUT2D eigenvalue weighted by Crippen LogP contribution is 2.05. The molecule has 0 radical (unpaired) electrons. The molecule has 0 spiro atoms. The molecule has 5 nitrogen and oxygen atoms in total. The van der Waals surface area contributed by atoms with Crippen molar-refractivity contribution < 1.29 is 5.21 Å². The zero-order chi connectivity index (χ0) is 9.14. The number of rotatable bonds is 2. The molecule has 5 heteroatoms. The van der Waals surface area contributed by atoms with Gasteiger partial charge in [0.25, 0.3) is 0 Å². The average Bonchev–Trinajstić information content (AvgIpc) is 2.36. The maximum Gasteiger partial charge on any atom is 0.143 e. The van der Waals surface area contributed by atoms with Crippen LogP contribution < -0.4 is 5.73 Å². The van der Waals surface area contributed by atoms with E-state index in [1.165, 1.54) is 0 Å². The molecule has 1 aromatic heterocycles. The zero-order valence-corrected chi connectivity index (χ0v) is 7.15. The smallest absolute Gasteiger partial charge is 0.143 e. The number of aromatic nitrogens is 2. The van der Waals surface area contributed by atoms with Crippen LogP contribution in [-0.4, -0.2) is 20.8 Å². The fourth-order valence-electron chi connectivity index (χ4n) is 0.948. The summed E-state index contributed by atoms with van der Waals surface area (Å²) in [5, 5.41) is 15.2. The molecule has 1 aromatic rings. The molecular weight excluding hydrogens is 156 g/mol. The Hall–Kier alpha value is -1.52. The van der Waals surface area contributed by atoms with Crippen molar-refractivity contribution in [3.63, 3.8) is 0 Å². The third kappa shape index (κ3) is 1.55. The van der Waals surface area contributed by atoms with Gasteiger partial charge >= 0.3 is 0 Å². The van der Waals surface area contributed by atoms with E-state index in [2.05, 4.69) is 10.3 Å². The van der Waals surface area contributed by atoms with Gasteiger partial charge in [-0.2, -0.15) is 5.10 Å². The highest BCUT2D eigenvalue weighted by molar-refractivity contribution is 5.82. The zero-order valence-electron chi connectivity index (χ0n) is 7.15. The SMILES string of the molecule is Cc1c(C/C(N)=N/O)cnn1C. The molecule has 0 fully saturated rings. The molecule has 0 saturated carbocycles. The first-order chi connectivity index (χ1) is 5.65. The van der Waals surface area contributed by atoms with Crippen LogP contribution >= 0.6 is 0 Å². The fraction of sp³-hybridized carbons (Fsp3) is 0.429. The molecule has 0 bridgehead atoms. The highest BCUT2D eigenvalue weighted by atomic mass is 16.4. The third-order valence-corrected chi connectivity index (χ3v) is 1.84. The average molecular weight is 168 g/mol. The van der Waals surface area contributed by atoms with E-state index in [0.29, 0.717) is 6.42 Å². The highest BCUT2D eigenvalue weighted by Gasteiger charge is 2.04. The van der Waals surface area contributed by atoms with E-state index in [0.717, 1.165) is 11.3 Å². The summed E-state index contributed by atoms with van der Waals surface area (Å²) in [6, 6.07) is 0. The van der Waals surface area contributed by atoms with Gasteiger partial charge in [0.05, 0.1) is 6.20 Å². The van der Waals surface area contributed by atoms with Crippen molar-refractivity contribution in [3.8, 4) is 0 Å². The third-order valence-electron chi connectivity index (χ3n) is 1.84. The second-order valence-electron chi connectivity index (χ2n) is 2.65. The molecule has 0 aliphatic heterocycles. The van der Waals surface area contributed by atoms with Crippen molar-refractivity contribution in [3.05, 3.63) is 17.5 Å². The Labute approximate surface area is 70.5 Å². The summed E-state index contributed by atoms with van der Waals surface area (Å²) in [6.07, 6.45) is 2.16. The number of nitrogens with zero attached hydrogens (tertiary/aromatic N) is 3. The Balaban J connectivity index is 2.83. The molecule has 0 aliphatic carbocycles. The monoisotopic (exact) mass is 168 g/mol. The van der Waals surface area contributed by atoms with E-state index < -0.39 is 0 Å². The maximum absolute atomic E-state index is 8.33. The van der Waals surface area contributed by atoms with Crippen LogP contribution in [0.1, 0.15) is 11.3 Å². The first kappa shape index (κ1) is 8.58. The molecule has 0 aliphatic rings. The van der Waals surface area contributed by atoms with Crippen LogP contribution in [0.3, 0.4) is 0 Å². The maximum atomic E-state index is 8.33. The van der Waals surface area contributed by atoms with Crippen LogP contribution in [0.4, 0.5) is 0 Å². The van der Waals surface area contributed by atoms with E-state index in [1.54, 1.807) is 10.9 Å². The molecule has 0 unspecified atom stereocenters. The van der Waals surface area contributed by atoms with Crippen LogP contribution in [0, 0.1) is 6.92 Å². The van der Waals surface area contributed by atoms with Gasteiger partial charge in [-0.25, -0.2) is 0 Å². The molecule has 1 heterocycles. The van der Waals surface area contributed by atoms with Gasteiger partial charge in [0.1, 0.15) is 5.84 Å². The van der Waals surface area contributed by atoms with Gasteiger partial charge in [-0.3, -0.25) is 4.68 Å². The number of oxime groups is 1. The van der Waals surface area contributed by atoms with Crippen molar-refractivity contribution in [1.29, 1.82) is 0 Å². The molecule has 0 amide bonds. The van der Waals surface area contributed by atoms with Crippen LogP contribution in [0.2, 0.25) is 0 Å². The summed E-state index contributed by atoms with van der Waals surface area (Å²) in [5.41, 5.74) is 7.35. The minimum Gasteiger partial charge on any atom is -0.409 e. The van der Waals surface area contributed by atoms with Gasteiger partial charge in [0, 0.05) is 24.7 Å². The molecule has 0 aromatic carbocycles.